The summed E-state index contributed by atoms with van der Waals surface area (Å²) in [7, 11) is -1.78. The van der Waals surface area contributed by atoms with Gasteiger partial charge in [-0.15, -0.1) is 0 Å². The van der Waals surface area contributed by atoms with Gasteiger partial charge >= 0.3 is 0 Å². The minimum atomic E-state index is -3.44. The fourth-order valence-corrected chi connectivity index (χ4v) is 5.49. The summed E-state index contributed by atoms with van der Waals surface area (Å²) in [6.07, 6.45) is 1.89. The molecular weight excluding hydrogens is 352 g/mol. The third-order valence-electron chi connectivity index (χ3n) is 5.14. The molecule has 0 bridgehead atoms. The van der Waals surface area contributed by atoms with E-state index in [0.717, 1.165) is 18.5 Å². The van der Waals surface area contributed by atoms with Crippen LogP contribution in [-0.2, 0) is 14.9 Å². The number of hydrogen-bond acceptors (Lipinski definition) is 5. The van der Waals surface area contributed by atoms with Crippen LogP contribution in [0.25, 0.3) is 0 Å². The fraction of sp³-hybridized carbons (Fsp3) is 0.611. The van der Waals surface area contributed by atoms with Crippen molar-refractivity contribution in [3.63, 3.8) is 0 Å². The summed E-state index contributed by atoms with van der Waals surface area (Å²) < 4.78 is 34.4. The molecule has 0 N–H and O–H groups in total. The molecule has 2 fully saturated rings. The summed E-state index contributed by atoms with van der Waals surface area (Å²) in [6.45, 7) is 3.78. The lowest BCUT2D eigenvalue weighted by atomic mass is 10.0. The van der Waals surface area contributed by atoms with E-state index in [9.17, 15) is 13.7 Å². The zero-order valence-electron chi connectivity index (χ0n) is 15.2. The van der Waals surface area contributed by atoms with Gasteiger partial charge in [0.1, 0.15) is 6.07 Å². The second kappa shape index (κ2) is 8.35. The number of methoxy groups -OCH3 is 1. The van der Waals surface area contributed by atoms with Crippen molar-refractivity contribution in [3.05, 3.63) is 29.8 Å². The van der Waals surface area contributed by atoms with Gasteiger partial charge in [0.25, 0.3) is 10.2 Å². The average molecular weight is 378 g/mol. The largest absolute Gasteiger partial charge is 0.384 e. The topological polar surface area (TPSA) is 76.9 Å². The fourth-order valence-electron chi connectivity index (χ4n) is 3.78. The maximum absolute atomic E-state index is 13.0. The quantitative estimate of drug-likeness (QED) is 0.771. The lowest BCUT2D eigenvalue weighted by Gasteiger charge is -2.40. The van der Waals surface area contributed by atoms with Crippen molar-refractivity contribution in [1.29, 1.82) is 5.26 Å². The third-order valence-corrected chi connectivity index (χ3v) is 7.14. The van der Waals surface area contributed by atoms with Gasteiger partial charge in [-0.1, -0.05) is 12.1 Å². The van der Waals surface area contributed by atoms with Gasteiger partial charge in [0, 0.05) is 46.4 Å². The number of nitriles is 1. The van der Waals surface area contributed by atoms with Gasteiger partial charge in [0.2, 0.25) is 0 Å². The van der Waals surface area contributed by atoms with Crippen LogP contribution in [0.4, 0.5) is 5.69 Å². The predicted molar refractivity (Wildman–Crippen MR) is 100 cm³/mol. The molecular formula is C18H26N4O3S. The van der Waals surface area contributed by atoms with Gasteiger partial charge < -0.3 is 9.64 Å². The lowest BCUT2D eigenvalue weighted by molar-refractivity contribution is 0.116. The van der Waals surface area contributed by atoms with Crippen LogP contribution < -0.4 is 4.90 Å². The molecule has 2 aliphatic rings. The van der Waals surface area contributed by atoms with E-state index in [1.165, 1.54) is 0 Å². The van der Waals surface area contributed by atoms with Gasteiger partial charge in [0.05, 0.1) is 17.9 Å². The maximum atomic E-state index is 13.0. The number of anilines is 1. The Morgan fingerprint density at radius 1 is 1.15 bits per heavy atom. The molecule has 2 aliphatic heterocycles. The van der Waals surface area contributed by atoms with Crippen LogP contribution >= 0.6 is 0 Å². The van der Waals surface area contributed by atoms with Crippen molar-refractivity contribution >= 4 is 15.9 Å². The molecule has 0 aliphatic carbocycles. The molecule has 3 rings (SSSR count). The van der Waals surface area contributed by atoms with E-state index in [4.69, 9.17) is 4.74 Å². The number of piperazine rings is 1. The zero-order valence-corrected chi connectivity index (χ0v) is 16.0. The Morgan fingerprint density at radius 2 is 1.88 bits per heavy atom. The zero-order chi connectivity index (χ0) is 18.6. The third kappa shape index (κ3) is 4.01. The Bertz CT molecular complexity index is 752. The minimum Gasteiger partial charge on any atom is -0.384 e. The molecule has 8 heteroatoms. The molecule has 1 unspecified atom stereocenters. The predicted octanol–water partition coefficient (Wildman–Crippen LogP) is 1.28. The summed E-state index contributed by atoms with van der Waals surface area (Å²) in [5.41, 5.74) is 1.51. The highest BCUT2D eigenvalue weighted by Gasteiger charge is 2.35. The number of nitrogens with zero attached hydrogens (tertiary/aromatic N) is 4. The van der Waals surface area contributed by atoms with E-state index >= 15 is 0 Å². The molecule has 0 aromatic heterocycles. The number of rotatable bonds is 5. The molecule has 2 saturated heterocycles. The van der Waals surface area contributed by atoms with Crippen LogP contribution in [0.3, 0.4) is 0 Å². The molecule has 0 radical (unpaired) electrons. The van der Waals surface area contributed by atoms with Crippen LogP contribution in [0, 0.1) is 17.2 Å². The summed E-state index contributed by atoms with van der Waals surface area (Å²) >= 11 is 0. The van der Waals surface area contributed by atoms with Crippen LogP contribution in [0.1, 0.15) is 18.4 Å². The highest BCUT2D eigenvalue weighted by atomic mass is 32.2. The van der Waals surface area contributed by atoms with E-state index in [2.05, 4.69) is 11.0 Å². The number of benzene rings is 1. The molecule has 0 saturated carbocycles. The summed E-state index contributed by atoms with van der Waals surface area (Å²) in [5.74, 6) is 0.271. The normalized spacial score (nSPS) is 22.9. The standard InChI is InChI=1S/C18H26N4O3S/c1-25-15-16-5-4-8-22(14-16)26(23,24)21-11-9-20(10-12-21)18-7-3-2-6-17(18)13-19/h2-3,6-7,16H,4-5,8-12,14-15H2,1H3. The molecule has 1 atom stereocenters. The Morgan fingerprint density at radius 3 is 2.58 bits per heavy atom. The highest BCUT2D eigenvalue weighted by Crippen LogP contribution is 2.25. The van der Waals surface area contributed by atoms with E-state index in [0.29, 0.717) is 51.4 Å². The molecule has 1 aromatic rings. The van der Waals surface area contributed by atoms with Crippen LogP contribution in [0.15, 0.2) is 24.3 Å². The van der Waals surface area contributed by atoms with Gasteiger partial charge in [-0.25, -0.2) is 0 Å². The first-order valence-electron chi connectivity index (χ1n) is 9.04. The molecule has 0 spiro atoms. The Kier molecular flexibility index (Phi) is 6.14. The number of ether oxygens (including phenoxy) is 1. The van der Waals surface area contributed by atoms with Crippen LogP contribution in [-0.4, -0.2) is 70.0 Å². The van der Waals surface area contributed by atoms with Crippen molar-refractivity contribution in [2.75, 3.05) is 57.9 Å². The van der Waals surface area contributed by atoms with Gasteiger partial charge in [0.15, 0.2) is 0 Å². The van der Waals surface area contributed by atoms with E-state index in [1.54, 1.807) is 21.8 Å². The lowest BCUT2D eigenvalue weighted by Crippen LogP contribution is -2.55. The molecule has 7 nitrogen and oxygen atoms in total. The maximum Gasteiger partial charge on any atom is 0.282 e. The van der Waals surface area contributed by atoms with Crippen LogP contribution in [0.5, 0.6) is 0 Å². The Balaban J connectivity index is 1.64. The molecule has 142 valence electrons. The molecule has 26 heavy (non-hydrogen) atoms. The highest BCUT2D eigenvalue weighted by molar-refractivity contribution is 7.86. The monoisotopic (exact) mass is 378 g/mol. The molecule has 0 amide bonds. The average Bonchev–Trinajstić information content (AvgIpc) is 2.68. The first kappa shape index (κ1) is 19.1. The van der Waals surface area contributed by atoms with E-state index < -0.39 is 10.2 Å². The van der Waals surface area contributed by atoms with E-state index in [1.807, 2.05) is 18.2 Å². The smallest absolute Gasteiger partial charge is 0.282 e. The van der Waals surface area contributed by atoms with Gasteiger partial charge in [-0.2, -0.15) is 22.3 Å². The Labute approximate surface area is 155 Å². The Hall–Kier alpha value is -1.66. The van der Waals surface area contributed by atoms with Crippen molar-refractivity contribution in [1.82, 2.24) is 8.61 Å². The summed E-state index contributed by atoms with van der Waals surface area (Å²) in [5, 5.41) is 9.27. The second-order valence-electron chi connectivity index (χ2n) is 6.84. The van der Waals surface area contributed by atoms with Gasteiger partial charge in [-0.05, 0) is 30.9 Å². The second-order valence-corrected chi connectivity index (χ2v) is 8.77. The SMILES string of the molecule is COCC1CCCN(S(=O)(=O)N2CCN(c3ccccc3C#N)CC2)C1. The first-order valence-corrected chi connectivity index (χ1v) is 10.4. The molecule has 1 aromatic carbocycles. The van der Waals surface area contributed by atoms with E-state index in [-0.39, 0.29) is 5.92 Å². The summed E-state index contributed by atoms with van der Waals surface area (Å²) in [4.78, 5) is 2.09. The first-order chi connectivity index (χ1) is 12.6. The van der Waals surface area contributed by atoms with Crippen molar-refractivity contribution in [2.24, 2.45) is 5.92 Å². The molecule has 2 heterocycles. The number of hydrogen-bond donors (Lipinski definition) is 0. The van der Waals surface area contributed by atoms with Crippen molar-refractivity contribution in [2.45, 2.75) is 12.8 Å². The summed E-state index contributed by atoms with van der Waals surface area (Å²) in [6, 6.07) is 9.67. The van der Waals surface area contributed by atoms with Crippen LogP contribution in [0.2, 0.25) is 0 Å². The van der Waals surface area contributed by atoms with Gasteiger partial charge in [-0.3, -0.25) is 0 Å². The van der Waals surface area contributed by atoms with Crippen molar-refractivity contribution < 1.29 is 13.2 Å². The van der Waals surface area contributed by atoms with Crippen molar-refractivity contribution in [3.8, 4) is 6.07 Å². The minimum absolute atomic E-state index is 0.271. The number of piperidine rings is 1. The number of para-hydroxylation sites is 1.